The molecule has 0 heterocycles. The molecule has 8 nitrogen and oxygen atoms in total. The maximum atomic E-state index is 12.3. The highest BCUT2D eigenvalue weighted by Crippen LogP contribution is 2.21. The molecule has 9 heteroatoms. The van der Waals surface area contributed by atoms with Crippen molar-refractivity contribution in [3.05, 3.63) is 71.3 Å². The predicted molar refractivity (Wildman–Crippen MR) is 151 cm³/mol. The van der Waals surface area contributed by atoms with Crippen molar-refractivity contribution < 1.29 is 19.6 Å². The Morgan fingerprint density at radius 1 is 1.08 bits per heavy atom. The lowest BCUT2D eigenvalue weighted by Gasteiger charge is -2.32. The zero-order valence-corrected chi connectivity index (χ0v) is 22.9. The number of carbonyl (C=O) groups excluding carboxylic acids is 1. The minimum Gasteiger partial charge on any atom is -0.449 e. The first kappa shape index (κ1) is 30.9. The van der Waals surface area contributed by atoms with E-state index in [9.17, 15) is 20.1 Å². The number of alkyl carbamates (subject to hydrolysis) is 1. The van der Waals surface area contributed by atoms with Gasteiger partial charge in [-0.1, -0.05) is 61.5 Å². The van der Waals surface area contributed by atoms with Crippen LogP contribution < -0.4 is 5.32 Å². The number of hydrogen-bond donors (Lipinski definition) is 4. The summed E-state index contributed by atoms with van der Waals surface area (Å²) in [4.78, 5) is 14.2. The monoisotopic (exact) mass is 520 g/mol. The molecular weight excluding hydrogens is 479 g/mol. The van der Waals surface area contributed by atoms with Crippen LogP contribution in [0.3, 0.4) is 0 Å². The average molecular weight is 520 g/mol. The van der Waals surface area contributed by atoms with Gasteiger partial charge in [-0.2, -0.15) is 5.26 Å². The average Bonchev–Trinajstić information content (AvgIpc) is 2.88. The summed E-state index contributed by atoms with van der Waals surface area (Å²) in [5.41, 5.74) is 3.10. The van der Waals surface area contributed by atoms with E-state index >= 15 is 0 Å². The number of aryl methyl sites for hydroxylation is 1. The number of rotatable bonds is 14. The number of amides is 1. The first-order chi connectivity index (χ1) is 18.2. The number of amidine groups is 1. The highest BCUT2D eigenvalue weighted by molar-refractivity contribution is 6.43. The lowest BCUT2D eigenvalue weighted by Crippen LogP contribution is -2.47. The SMILES string of the molecule is CCN(C(=N)C(C#N)C(C)Cc1cccc(CCOC(=O)N[C@@H](CCc2ccccc2)B(O)O)c1)C(C)C. The van der Waals surface area contributed by atoms with E-state index in [1.165, 1.54) is 0 Å². The van der Waals surface area contributed by atoms with Crippen molar-refractivity contribution in [2.75, 3.05) is 13.2 Å². The molecule has 3 atom stereocenters. The quantitative estimate of drug-likeness (QED) is 0.169. The topological polar surface area (TPSA) is 130 Å². The summed E-state index contributed by atoms with van der Waals surface area (Å²) in [6.07, 6.45) is 1.42. The Balaban J connectivity index is 1.87. The number of carbonyl (C=O) groups is 1. The first-order valence-electron chi connectivity index (χ1n) is 13.3. The number of nitrogens with zero attached hydrogens (tertiary/aromatic N) is 2. The molecule has 2 aromatic carbocycles. The molecule has 0 aliphatic carbocycles. The zero-order valence-electron chi connectivity index (χ0n) is 22.9. The highest BCUT2D eigenvalue weighted by Gasteiger charge is 2.27. The van der Waals surface area contributed by atoms with Crippen LogP contribution in [-0.2, 0) is 24.0 Å². The van der Waals surface area contributed by atoms with Crippen LogP contribution in [0.25, 0.3) is 0 Å². The third-order valence-corrected chi connectivity index (χ3v) is 6.70. The fourth-order valence-electron chi connectivity index (χ4n) is 4.57. The fraction of sp³-hybridized carbons (Fsp3) is 0.483. The van der Waals surface area contributed by atoms with Crippen LogP contribution in [0.5, 0.6) is 0 Å². The molecule has 38 heavy (non-hydrogen) atoms. The molecule has 0 fully saturated rings. The van der Waals surface area contributed by atoms with E-state index in [0.29, 0.717) is 38.1 Å². The van der Waals surface area contributed by atoms with Crippen molar-refractivity contribution in [3.8, 4) is 6.07 Å². The van der Waals surface area contributed by atoms with Crippen LogP contribution in [0.15, 0.2) is 54.6 Å². The summed E-state index contributed by atoms with van der Waals surface area (Å²) in [6, 6.07) is 20.1. The Morgan fingerprint density at radius 2 is 1.74 bits per heavy atom. The molecule has 0 aromatic heterocycles. The Morgan fingerprint density at radius 3 is 2.34 bits per heavy atom. The largest absolute Gasteiger partial charge is 0.475 e. The molecule has 0 saturated heterocycles. The van der Waals surface area contributed by atoms with Crippen LogP contribution in [0.1, 0.15) is 50.8 Å². The van der Waals surface area contributed by atoms with E-state index in [1.54, 1.807) is 0 Å². The number of benzene rings is 2. The summed E-state index contributed by atoms with van der Waals surface area (Å²) < 4.78 is 5.30. The van der Waals surface area contributed by atoms with Gasteiger partial charge in [0.15, 0.2) is 0 Å². The van der Waals surface area contributed by atoms with Gasteiger partial charge in [0, 0.05) is 19.0 Å². The van der Waals surface area contributed by atoms with Crippen molar-refractivity contribution in [1.82, 2.24) is 10.2 Å². The Bertz CT molecular complexity index is 1060. The van der Waals surface area contributed by atoms with Gasteiger partial charge in [0.2, 0.25) is 0 Å². The third-order valence-electron chi connectivity index (χ3n) is 6.70. The van der Waals surface area contributed by atoms with E-state index in [2.05, 4.69) is 11.4 Å². The molecular formula is C29H41BN4O4. The lowest BCUT2D eigenvalue weighted by molar-refractivity contribution is 0.144. The molecule has 204 valence electrons. The number of hydrogen-bond acceptors (Lipinski definition) is 6. The van der Waals surface area contributed by atoms with Crippen LogP contribution in [0.2, 0.25) is 0 Å². The maximum absolute atomic E-state index is 12.3. The Labute approximate surface area is 227 Å². The minimum atomic E-state index is -1.69. The normalized spacial score (nSPS) is 13.2. The zero-order chi connectivity index (χ0) is 28.1. The van der Waals surface area contributed by atoms with Gasteiger partial charge in [-0.25, -0.2) is 4.79 Å². The maximum Gasteiger partial charge on any atom is 0.475 e. The highest BCUT2D eigenvalue weighted by atomic mass is 16.5. The molecule has 0 aliphatic rings. The molecule has 0 saturated carbocycles. The summed E-state index contributed by atoms with van der Waals surface area (Å²) >= 11 is 0. The van der Waals surface area contributed by atoms with Gasteiger partial charge in [-0.3, -0.25) is 5.41 Å². The molecule has 0 radical (unpaired) electrons. The van der Waals surface area contributed by atoms with E-state index in [-0.39, 0.29) is 18.6 Å². The van der Waals surface area contributed by atoms with Gasteiger partial charge in [-0.15, -0.1) is 0 Å². The molecule has 1 amide bonds. The van der Waals surface area contributed by atoms with Gasteiger partial charge in [0.05, 0.1) is 18.6 Å². The summed E-state index contributed by atoms with van der Waals surface area (Å²) in [5, 5.41) is 40.2. The van der Waals surface area contributed by atoms with Crippen molar-refractivity contribution >= 4 is 19.0 Å². The number of nitriles is 1. The van der Waals surface area contributed by atoms with E-state index in [0.717, 1.165) is 16.7 Å². The number of ether oxygens (including phenoxy) is 1. The second-order valence-electron chi connectivity index (χ2n) is 9.95. The van der Waals surface area contributed by atoms with E-state index in [4.69, 9.17) is 10.1 Å². The number of nitrogens with one attached hydrogen (secondary N) is 2. The second kappa shape index (κ2) is 15.8. The summed E-state index contributed by atoms with van der Waals surface area (Å²) in [6.45, 7) is 8.88. The van der Waals surface area contributed by atoms with Gasteiger partial charge in [-0.05, 0) is 62.6 Å². The van der Waals surface area contributed by atoms with Gasteiger partial charge < -0.3 is 25.0 Å². The second-order valence-corrected chi connectivity index (χ2v) is 9.95. The first-order valence-corrected chi connectivity index (χ1v) is 13.3. The van der Waals surface area contributed by atoms with Crippen LogP contribution >= 0.6 is 0 Å². The van der Waals surface area contributed by atoms with Crippen molar-refractivity contribution in [1.29, 1.82) is 10.7 Å². The van der Waals surface area contributed by atoms with Crippen LogP contribution in [0, 0.1) is 28.6 Å². The molecule has 0 spiro atoms. The molecule has 4 N–H and O–H groups in total. The fourth-order valence-corrected chi connectivity index (χ4v) is 4.57. The van der Waals surface area contributed by atoms with E-state index < -0.39 is 25.1 Å². The van der Waals surface area contributed by atoms with Crippen molar-refractivity contribution in [2.45, 2.75) is 65.4 Å². The Kier molecular flexibility index (Phi) is 12.8. The van der Waals surface area contributed by atoms with Crippen molar-refractivity contribution in [3.63, 3.8) is 0 Å². The lowest BCUT2D eigenvalue weighted by atomic mass is 9.76. The molecule has 2 unspecified atom stereocenters. The van der Waals surface area contributed by atoms with E-state index in [1.807, 2.05) is 87.2 Å². The van der Waals surface area contributed by atoms with Crippen LogP contribution in [-0.4, -0.2) is 59.1 Å². The predicted octanol–water partition coefficient (Wildman–Crippen LogP) is 3.99. The van der Waals surface area contributed by atoms with Gasteiger partial charge in [0.1, 0.15) is 11.8 Å². The molecule has 2 aromatic rings. The van der Waals surface area contributed by atoms with Crippen molar-refractivity contribution in [2.24, 2.45) is 11.8 Å². The smallest absolute Gasteiger partial charge is 0.449 e. The standard InChI is InChI=1S/C29H41BN4O4/c1-5-34(21(2)3)28(32)26(20-31)22(4)18-25-13-9-12-24(19-25)16-17-38-29(35)33-27(30(36)37)15-14-23-10-7-6-8-11-23/h6-13,19,21-22,26-27,32,36-37H,5,14-18H2,1-4H3,(H,33,35)/t22?,26?,27-/m0/s1. The van der Waals surface area contributed by atoms with Gasteiger partial charge in [0.25, 0.3) is 0 Å². The summed E-state index contributed by atoms with van der Waals surface area (Å²) in [7, 11) is -1.69. The summed E-state index contributed by atoms with van der Waals surface area (Å²) in [5.74, 6) is -0.998. The molecule has 0 aliphatic heterocycles. The Hall–Kier alpha value is -3.35. The molecule has 0 bridgehead atoms. The van der Waals surface area contributed by atoms with Crippen LogP contribution in [0.4, 0.5) is 4.79 Å². The minimum absolute atomic E-state index is 0.0321. The molecule has 2 rings (SSSR count). The third kappa shape index (κ3) is 9.84. The van der Waals surface area contributed by atoms with Gasteiger partial charge >= 0.3 is 13.2 Å².